The molecule has 2 aromatic rings. The number of amides is 1. The fraction of sp³-hybridized carbons (Fsp3) is 0.444. The molecule has 1 unspecified atom stereocenters. The lowest BCUT2D eigenvalue weighted by molar-refractivity contribution is 0.0692. The number of hydrogen-bond donors (Lipinski definition) is 2. The predicted molar refractivity (Wildman–Crippen MR) is 132 cm³/mol. The van der Waals surface area contributed by atoms with Gasteiger partial charge in [-0.25, -0.2) is 4.39 Å². The van der Waals surface area contributed by atoms with Gasteiger partial charge >= 0.3 is 0 Å². The van der Waals surface area contributed by atoms with Gasteiger partial charge in [-0.2, -0.15) is 5.10 Å². The second-order valence-corrected chi connectivity index (χ2v) is 9.66. The quantitative estimate of drug-likeness (QED) is 0.346. The first-order valence-corrected chi connectivity index (χ1v) is 12.4. The SMILES string of the molecule is CN/N=C(/Cc1ccc(F)c(C(=O)N2CC3CC[C@@H](C2)N3)c1)c1cc(OC2CCC2)ccc1C=O. The van der Waals surface area contributed by atoms with Crippen LogP contribution >= 0.6 is 0 Å². The molecule has 3 fully saturated rings. The second kappa shape index (κ2) is 10.2. The summed E-state index contributed by atoms with van der Waals surface area (Å²) in [7, 11) is 1.69. The summed E-state index contributed by atoms with van der Waals surface area (Å²) in [6.07, 6.45) is 6.64. The molecule has 0 spiro atoms. The highest BCUT2D eigenvalue weighted by atomic mass is 19.1. The highest BCUT2D eigenvalue weighted by molar-refractivity contribution is 6.07. The standard InChI is InChI=1S/C27H31FN4O3/c1-29-31-26(23-13-22(9-6-18(23)16-33)35-21-3-2-4-21)12-17-5-10-25(28)24(11-17)27(34)32-14-19-7-8-20(15-32)30-19/h5-6,9-11,13,16,19-21,29-30H,2-4,7-8,12,14-15H2,1H3/b31-26-/t19-,20?/m0/s1. The smallest absolute Gasteiger partial charge is 0.256 e. The van der Waals surface area contributed by atoms with Crippen molar-refractivity contribution in [3.63, 3.8) is 0 Å². The molecule has 35 heavy (non-hydrogen) atoms. The van der Waals surface area contributed by atoms with Crippen LogP contribution in [0.3, 0.4) is 0 Å². The fourth-order valence-electron chi connectivity index (χ4n) is 5.15. The molecule has 3 aliphatic rings. The topological polar surface area (TPSA) is 83.0 Å². The Bertz CT molecular complexity index is 1140. The number of ether oxygens (including phenoxy) is 1. The van der Waals surface area contributed by atoms with Gasteiger partial charge in [-0.1, -0.05) is 6.07 Å². The summed E-state index contributed by atoms with van der Waals surface area (Å²) in [5.74, 6) is -0.108. The van der Waals surface area contributed by atoms with E-state index >= 15 is 0 Å². The number of hydrazone groups is 1. The molecular formula is C27H31FN4O3. The van der Waals surface area contributed by atoms with Crippen LogP contribution in [0.1, 0.15) is 63.9 Å². The van der Waals surface area contributed by atoms with E-state index in [9.17, 15) is 14.0 Å². The monoisotopic (exact) mass is 478 g/mol. The van der Waals surface area contributed by atoms with E-state index in [0.29, 0.717) is 42.1 Å². The molecule has 2 N–H and O–H groups in total. The first kappa shape index (κ1) is 23.5. The van der Waals surface area contributed by atoms with Crippen LogP contribution in [0, 0.1) is 5.82 Å². The molecule has 1 aliphatic carbocycles. The maximum Gasteiger partial charge on any atom is 0.256 e. The number of aldehydes is 1. The Kier molecular flexibility index (Phi) is 6.81. The average molecular weight is 479 g/mol. The summed E-state index contributed by atoms with van der Waals surface area (Å²) in [5.41, 5.74) is 5.39. The second-order valence-electron chi connectivity index (χ2n) is 9.66. The Morgan fingerprint density at radius 1 is 1.14 bits per heavy atom. The van der Waals surface area contributed by atoms with Crippen LogP contribution in [-0.4, -0.2) is 61.1 Å². The molecule has 5 rings (SSSR count). The average Bonchev–Trinajstić information content (AvgIpc) is 3.18. The van der Waals surface area contributed by atoms with Crippen LogP contribution in [0.5, 0.6) is 5.75 Å². The van der Waals surface area contributed by atoms with E-state index in [0.717, 1.165) is 44.0 Å². The van der Waals surface area contributed by atoms with Crippen molar-refractivity contribution in [2.75, 3.05) is 20.1 Å². The number of benzene rings is 2. The number of hydrogen-bond acceptors (Lipinski definition) is 6. The molecule has 0 aromatic heterocycles. The van der Waals surface area contributed by atoms with Gasteiger partial charge in [0, 0.05) is 49.8 Å². The third kappa shape index (κ3) is 5.07. The number of nitrogens with zero attached hydrogens (tertiary/aromatic N) is 2. The van der Waals surface area contributed by atoms with Gasteiger partial charge in [-0.05, 0) is 68.0 Å². The molecule has 2 saturated heterocycles. The van der Waals surface area contributed by atoms with Crippen molar-refractivity contribution in [3.8, 4) is 5.75 Å². The number of fused-ring (bicyclic) bond motifs is 2. The summed E-state index contributed by atoms with van der Waals surface area (Å²) in [5, 5.41) is 7.92. The number of carbonyl (C=O) groups excluding carboxylic acids is 2. The Balaban J connectivity index is 1.40. The largest absolute Gasteiger partial charge is 0.490 e. The van der Waals surface area contributed by atoms with E-state index in [2.05, 4.69) is 15.8 Å². The fourth-order valence-corrected chi connectivity index (χ4v) is 5.15. The summed E-state index contributed by atoms with van der Waals surface area (Å²) >= 11 is 0. The van der Waals surface area contributed by atoms with E-state index < -0.39 is 5.82 Å². The minimum Gasteiger partial charge on any atom is -0.490 e. The van der Waals surface area contributed by atoms with Crippen molar-refractivity contribution in [2.45, 2.75) is 56.7 Å². The van der Waals surface area contributed by atoms with Crippen LogP contribution in [0.15, 0.2) is 41.5 Å². The summed E-state index contributed by atoms with van der Waals surface area (Å²) in [6.45, 7) is 1.20. The van der Waals surface area contributed by atoms with Gasteiger partial charge in [0.25, 0.3) is 5.91 Å². The van der Waals surface area contributed by atoms with E-state index in [1.54, 1.807) is 36.2 Å². The molecule has 1 saturated carbocycles. The Hall–Kier alpha value is -3.26. The highest BCUT2D eigenvalue weighted by Crippen LogP contribution is 2.28. The first-order valence-electron chi connectivity index (χ1n) is 12.4. The molecular weight excluding hydrogens is 447 g/mol. The maximum absolute atomic E-state index is 14.8. The third-order valence-electron chi connectivity index (χ3n) is 7.20. The van der Waals surface area contributed by atoms with Gasteiger partial charge in [0.1, 0.15) is 11.6 Å². The third-order valence-corrected chi connectivity index (χ3v) is 7.20. The first-order chi connectivity index (χ1) is 17.0. The van der Waals surface area contributed by atoms with Gasteiger partial charge in [0.05, 0.1) is 17.4 Å². The highest BCUT2D eigenvalue weighted by Gasteiger charge is 2.35. The Morgan fingerprint density at radius 3 is 2.57 bits per heavy atom. The van der Waals surface area contributed by atoms with Gasteiger partial charge < -0.3 is 20.4 Å². The van der Waals surface area contributed by atoms with Crippen LogP contribution in [0.4, 0.5) is 4.39 Å². The molecule has 8 heteroatoms. The molecule has 184 valence electrons. The Morgan fingerprint density at radius 2 is 1.91 bits per heavy atom. The lowest BCUT2D eigenvalue weighted by atomic mass is 9.95. The number of likely N-dealkylation sites (tertiary alicyclic amines) is 1. The van der Waals surface area contributed by atoms with E-state index in [1.807, 2.05) is 6.07 Å². The lowest BCUT2D eigenvalue weighted by Gasteiger charge is -2.33. The molecule has 2 heterocycles. The van der Waals surface area contributed by atoms with Crippen LogP contribution in [-0.2, 0) is 6.42 Å². The van der Waals surface area contributed by atoms with Crippen molar-refractivity contribution >= 4 is 17.9 Å². The molecule has 0 radical (unpaired) electrons. The van der Waals surface area contributed by atoms with Crippen molar-refractivity contribution < 1.29 is 18.7 Å². The molecule has 2 aliphatic heterocycles. The molecule has 7 nitrogen and oxygen atoms in total. The van der Waals surface area contributed by atoms with E-state index in [1.165, 1.54) is 6.07 Å². The number of rotatable bonds is 8. The van der Waals surface area contributed by atoms with Gasteiger partial charge in [0.2, 0.25) is 0 Å². The maximum atomic E-state index is 14.8. The zero-order chi connectivity index (χ0) is 24.4. The zero-order valence-corrected chi connectivity index (χ0v) is 19.9. The number of piperazine rings is 1. The van der Waals surface area contributed by atoms with Crippen LogP contribution in [0.25, 0.3) is 0 Å². The summed E-state index contributed by atoms with van der Waals surface area (Å²) in [6, 6.07) is 10.6. The minimum atomic E-state index is -0.527. The van der Waals surface area contributed by atoms with Crippen molar-refractivity contribution in [1.82, 2.24) is 15.6 Å². The minimum absolute atomic E-state index is 0.0743. The van der Waals surface area contributed by atoms with Gasteiger partial charge in [0.15, 0.2) is 6.29 Å². The van der Waals surface area contributed by atoms with Crippen molar-refractivity contribution in [2.24, 2.45) is 5.10 Å². The van der Waals surface area contributed by atoms with E-state index in [4.69, 9.17) is 4.74 Å². The van der Waals surface area contributed by atoms with Crippen molar-refractivity contribution in [3.05, 3.63) is 64.5 Å². The number of halogens is 1. The molecule has 1 amide bonds. The number of carbonyl (C=O) groups is 2. The normalized spacial score (nSPS) is 22.0. The van der Waals surface area contributed by atoms with Gasteiger partial charge in [-0.15, -0.1) is 0 Å². The summed E-state index contributed by atoms with van der Waals surface area (Å²) in [4.78, 5) is 26.8. The van der Waals surface area contributed by atoms with E-state index in [-0.39, 0.29) is 29.7 Å². The molecule has 2 atom stereocenters. The lowest BCUT2D eigenvalue weighted by Crippen LogP contribution is -2.53. The van der Waals surface area contributed by atoms with Crippen molar-refractivity contribution in [1.29, 1.82) is 0 Å². The predicted octanol–water partition coefficient (Wildman–Crippen LogP) is 3.31. The van der Waals surface area contributed by atoms with Gasteiger partial charge in [-0.3, -0.25) is 9.59 Å². The van der Waals surface area contributed by atoms with Crippen LogP contribution < -0.4 is 15.5 Å². The Labute approximate surface area is 204 Å². The van der Waals surface area contributed by atoms with Crippen LogP contribution in [0.2, 0.25) is 0 Å². The molecule has 2 bridgehead atoms. The summed E-state index contributed by atoms with van der Waals surface area (Å²) < 4.78 is 20.8. The molecule has 2 aromatic carbocycles. The zero-order valence-electron chi connectivity index (χ0n) is 19.9. The number of nitrogens with one attached hydrogen (secondary N) is 2.